The molecule has 30 heavy (non-hydrogen) atoms. The predicted octanol–water partition coefficient (Wildman–Crippen LogP) is 2.19. The topological polar surface area (TPSA) is 87.9 Å². The van der Waals surface area contributed by atoms with Crippen LogP contribution in [0.25, 0.3) is 0 Å². The van der Waals surface area contributed by atoms with Crippen LogP contribution in [0.5, 0.6) is 17.2 Å². The van der Waals surface area contributed by atoms with Crippen molar-refractivity contribution in [2.45, 2.75) is 0 Å². The average Bonchev–Trinajstić information content (AvgIpc) is 3.37. The molecule has 2 fully saturated rings. The summed E-state index contributed by atoms with van der Waals surface area (Å²) >= 11 is 0. The van der Waals surface area contributed by atoms with Crippen molar-refractivity contribution < 1.29 is 19.0 Å². The Morgan fingerprint density at radius 1 is 1.00 bits per heavy atom. The summed E-state index contributed by atoms with van der Waals surface area (Å²) in [5.41, 5.74) is 1.03. The van der Waals surface area contributed by atoms with Crippen LogP contribution in [0.1, 0.15) is 15.9 Å². The van der Waals surface area contributed by atoms with Gasteiger partial charge in [-0.1, -0.05) is 0 Å². The van der Waals surface area contributed by atoms with Gasteiger partial charge in [-0.05, 0) is 24.3 Å². The Kier molecular flexibility index (Phi) is 5.36. The van der Waals surface area contributed by atoms with Crippen molar-refractivity contribution in [2.75, 3.05) is 52.4 Å². The van der Waals surface area contributed by atoms with Gasteiger partial charge in [0, 0.05) is 44.2 Å². The molecule has 2 aromatic rings. The molecule has 3 heterocycles. The van der Waals surface area contributed by atoms with Gasteiger partial charge in [0.25, 0.3) is 5.91 Å². The molecule has 8 heteroatoms. The maximum Gasteiger partial charge on any atom is 0.257 e. The fourth-order valence-electron chi connectivity index (χ4n) is 4.43. The normalized spacial score (nSPS) is 19.9. The number of benzene rings is 1. The first-order valence-electron chi connectivity index (χ1n) is 9.79. The number of hydrogen-bond donors (Lipinski definition) is 0. The number of anilines is 1. The van der Waals surface area contributed by atoms with E-state index >= 15 is 0 Å². The van der Waals surface area contributed by atoms with E-state index in [-0.39, 0.29) is 5.91 Å². The minimum absolute atomic E-state index is 0.0646. The van der Waals surface area contributed by atoms with Crippen LogP contribution in [0.3, 0.4) is 0 Å². The molecule has 2 aliphatic rings. The predicted molar refractivity (Wildman–Crippen MR) is 110 cm³/mol. The standard InChI is InChI=1S/C22H24N4O4/c1-28-18-6-5-17(20(29-2)21(18)30-3)22(27)26-12-15-10-25(11-16(15)13-26)19-7-4-14(8-23)9-24-19/h4-7,9,15-16H,10-13H2,1-3H3. The molecule has 2 saturated heterocycles. The molecule has 2 unspecified atom stereocenters. The third-order valence-electron chi connectivity index (χ3n) is 5.91. The zero-order valence-electron chi connectivity index (χ0n) is 17.3. The van der Waals surface area contributed by atoms with Crippen molar-refractivity contribution in [3.05, 3.63) is 41.6 Å². The van der Waals surface area contributed by atoms with Crippen LogP contribution in [0.2, 0.25) is 0 Å². The quantitative estimate of drug-likeness (QED) is 0.749. The molecule has 8 nitrogen and oxygen atoms in total. The first-order valence-corrected chi connectivity index (χ1v) is 9.79. The van der Waals surface area contributed by atoms with Gasteiger partial charge in [-0.15, -0.1) is 0 Å². The Labute approximate surface area is 175 Å². The third-order valence-corrected chi connectivity index (χ3v) is 5.91. The van der Waals surface area contributed by atoms with Crippen LogP contribution >= 0.6 is 0 Å². The highest BCUT2D eigenvalue weighted by atomic mass is 16.5. The number of pyridine rings is 1. The van der Waals surface area contributed by atoms with E-state index in [1.807, 2.05) is 11.0 Å². The Balaban J connectivity index is 1.47. The van der Waals surface area contributed by atoms with Crippen molar-refractivity contribution in [1.82, 2.24) is 9.88 Å². The summed E-state index contributed by atoms with van der Waals surface area (Å²) < 4.78 is 16.2. The molecule has 156 valence electrons. The largest absolute Gasteiger partial charge is 0.493 e. The van der Waals surface area contributed by atoms with Gasteiger partial charge < -0.3 is 24.0 Å². The smallest absolute Gasteiger partial charge is 0.257 e. The summed E-state index contributed by atoms with van der Waals surface area (Å²) in [5.74, 6) is 2.92. The molecule has 1 aromatic heterocycles. The lowest BCUT2D eigenvalue weighted by Gasteiger charge is -2.23. The number of likely N-dealkylation sites (tertiary alicyclic amines) is 1. The molecule has 4 rings (SSSR count). The fraction of sp³-hybridized carbons (Fsp3) is 0.409. The molecule has 0 radical (unpaired) electrons. The minimum atomic E-state index is -0.0646. The molecule has 0 bridgehead atoms. The Morgan fingerprint density at radius 3 is 2.23 bits per heavy atom. The number of nitriles is 1. The Morgan fingerprint density at radius 2 is 1.70 bits per heavy atom. The SMILES string of the molecule is COc1ccc(C(=O)N2CC3CN(c4ccc(C#N)cn4)CC3C2)c(OC)c1OC. The summed E-state index contributed by atoms with van der Waals surface area (Å²) in [5, 5.41) is 8.94. The number of nitrogens with zero attached hydrogens (tertiary/aromatic N) is 4. The Bertz CT molecular complexity index is 972. The van der Waals surface area contributed by atoms with E-state index in [2.05, 4.69) is 16.0 Å². The molecular formula is C22H24N4O4. The molecule has 0 aliphatic carbocycles. The van der Waals surface area contributed by atoms with Gasteiger partial charge in [0.1, 0.15) is 11.9 Å². The maximum atomic E-state index is 13.2. The summed E-state index contributed by atoms with van der Waals surface area (Å²) in [7, 11) is 4.60. The first-order chi connectivity index (χ1) is 14.6. The van der Waals surface area contributed by atoms with Crippen molar-refractivity contribution in [3.8, 4) is 23.3 Å². The number of carbonyl (C=O) groups is 1. The van der Waals surface area contributed by atoms with E-state index in [0.29, 0.717) is 53.3 Å². The van der Waals surface area contributed by atoms with Crippen LogP contribution in [0.15, 0.2) is 30.5 Å². The van der Waals surface area contributed by atoms with Crippen molar-refractivity contribution >= 4 is 11.7 Å². The molecule has 1 amide bonds. The van der Waals surface area contributed by atoms with Gasteiger partial charge in [-0.2, -0.15) is 5.26 Å². The Hall–Kier alpha value is -3.47. The number of fused-ring (bicyclic) bond motifs is 1. The van der Waals surface area contributed by atoms with Gasteiger partial charge >= 0.3 is 0 Å². The maximum absolute atomic E-state index is 13.2. The summed E-state index contributed by atoms with van der Waals surface area (Å²) in [6.45, 7) is 3.06. The highest BCUT2D eigenvalue weighted by Gasteiger charge is 2.42. The summed E-state index contributed by atoms with van der Waals surface area (Å²) in [4.78, 5) is 21.8. The van der Waals surface area contributed by atoms with Gasteiger partial charge in [-0.3, -0.25) is 4.79 Å². The molecule has 2 atom stereocenters. The second kappa shape index (κ2) is 8.11. The molecule has 0 saturated carbocycles. The van der Waals surface area contributed by atoms with E-state index in [1.165, 1.54) is 14.2 Å². The highest BCUT2D eigenvalue weighted by Crippen LogP contribution is 2.41. The van der Waals surface area contributed by atoms with Crippen LogP contribution < -0.4 is 19.1 Å². The van der Waals surface area contributed by atoms with E-state index < -0.39 is 0 Å². The second-order valence-electron chi connectivity index (χ2n) is 7.53. The third kappa shape index (κ3) is 3.36. The number of carbonyl (C=O) groups excluding carboxylic acids is 1. The molecule has 1 aromatic carbocycles. The van der Waals surface area contributed by atoms with E-state index in [4.69, 9.17) is 19.5 Å². The average molecular weight is 408 g/mol. The molecular weight excluding hydrogens is 384 g/mol. The number of ether oxygens (including phenoxy) is 3. The monoisotopic (exact) mass is 408 g/mol. The number of methoxy groups -OCH3 is 3. The van der Waals surface area contributed by atoms with Gasteiger partial charge in [-0.25, -0.2) is 4.98 Å². The van der Waals surface area contributed by atoms with E-state index in [0.717, 1.165) is 18.9 Å². The molecule has 0 N–H and O–H groups in total. The fourth-order valence-corrected chi connectivity index (χ4v) is 4.43. The van der Waals surface area contributed by atoms with E-state index in [1.54, 1.807) is 31.5 Å². The summed E-state index contributed by atoms with van der Waals surface area (Å²) in [6.07, 6.45) is 1.60. The van der Waals surface area contributed by atoms with Crippen LogP contribution in [0, 0.1) is 23.2 Å². The lowest BCUT2D eigenvalue weighted by Crippen LogP contribution is -2.33. The number of rotatable bonds is 5. The first kappa shape index (κ1) is 19.8. The minimum Gasteiger partial charge on any atom is -0.493 e. The second-order valence-corrected chi connectivity index (χ2v) is 7.53. The summed E-state index contributed by atoms with van der Waals surface area (Å²) in [6, 6.07) is 9.22. The zero-order chi connectivity index (χ0) is 21.3. The molecule has 2 aliphatic heterocycles. The van der Waals surface area contributed by atoms with Crippen LogP contribution in [-0.4, -0.2) is 63.3 Å². The van der Waals surface area contributed by atoms with Crippen molar-refractivity contribution in [3.63, 3.8) is 0 Å². The van der Waals surface area contributed by atoms with Crippen molar-refractivity contribution in [1.29, 1.82) is 5.26 Å². The van der Waals surface area contributed by atoms with Gasteiger partial charge in [0.2, 0.25) is 5.75 Å². The lowest BCUT2D eigenvalue weighted by atomic mass is 10.0. The van der Waals surface area contributed by atoms with Crippen LogP contribution in [0.4, 0.5) is 5.82 Å². The van der Waals surface area contributed by atoms with Gasteiger partial charge in [0.15, 0.2) is 11.5 Å². The molecule has 0 spiro atoms. The highest BCUT2D eigenvalue weighted by molar-refractivity contribution is 5.98. The lowest BCUT2D eigenvalue weighted by molar-refractivity contribution is 0.0778. The van der Waals surface area contributed by atoms with Crippen molar-refractivity contribution in [2.24, 2.45) is 11.8 Å². The van der Waals surface area contributed by atoms with Gasteiger partial charge in [0.05, 0.1) is 32.5 Å². The zero-order valence-corrected chi connectivity index (χ0v) is 17.3. The van der Waals surface area contributed by atoms with E-state index in [9.17, 15) is 4.79 Å². The van der Waals surface area contributed by atoms with Crippen LogP contribution in [-0.2, 0) is 0 Å². The number of aromatic nitrogens is 1. The number of amides is 1. The number of hydrogen-bond acceptors (Lipinski definition) is 7.